The number of ether oxygens (including phenoxy) is 1. The van der Waals surface area contributed by atoms with Crippen molar-refractivity contribution in [2.75, 3.05) is 0 Å². The summed E-state index contributed by atoms with van der Waals surface area (Å²) in [7, 11) is 1.56. The Balaban J connectivity index is 1.74. The van der Waals surface area contributed by atoms with Crippen LogP contribution in [0.15, 0.2) is 47.7 Å². The molecule has 0 saturated heterocycles. The van der Waals surface area contributed by atoms with E-state index in [2.05, 4.69) is 15.0 Å². The van der Waals surface area contributed by atoms with Crippen molar-refractivity contribution in [2.45, 2.75) is 13.8 Å². The molecule has 3 rings (SSSR count). The summed E-state index contributed by atoms with van der Waals surface area (Å²) in [6, 6.07) is 9.32. The number of aliphatic imine (C=N–C) groups is 1. The second-order valence-electron chi connectivity index (χ2n) is 5.70. The Hall–Kier alpha value is -3.55. The summed E-state index contributed by atoms with van der Waals surface area (Å²) < 4.78 is 7.16. The summed E-state index contributed by atoms with van der Waals surface area (Å²) in [5.74, 6) is 1.51. The molecule has 0 amide bonds. The van der Waals surface area contributed by atoms with Gasteiger partial charge < -0.3 is 14.9 Å². The smallest absolute Gasteiger partial charge is 0.342 e. The van der Waals surface area contributed by atoms with E-state index in [0.717, 1.165) is 16.9 Å². The minimum Gasteiger partial charge on any atom is -0.439 e. The molecule has 26 heavy (non-hydrogen) atoms. The number of nitrogens with zero attached hydrogens (tertiary/aromatic N) is 5. The zero-order valence-corrected chi connectivity index (χ0v) is 14.6. The van der Waals surface area contributed by atoms with Crippen LogP contribution in [0.1, 0.15) is 17.0 Å². The largest absolute Gasteiger partial charge is 0.439 e. The third kappa shape index (κ3) is 3.59. The van der Waals surface area contributed by atoms with Crippen LogP contribution in [0.3, 0.4) is 0 Å². The molecule has 0 N–H and O–H groups in total. The first-order chi connectivity index (χ1) is 12.5. The molecule has 0 spiro atoms. The number of benzene rings is 1. The second-order valence-corrected chi connectivity index (χ2v) is 5.70. The van der Waals surface area contributed by atoms with E-state index in [-0.39, 0.29) is 5.82 Å². The summed E-state index contributed by atoms with van der Waals surface area (Å²) in [5, 5.41) is 10.8. The molecule has 8 nitrogen and oxygen atoms in total. The minimum absolute atomic E-state index is 0.0955. The first kappa shape index (κ1) is 17.3. The molecule has 3 aromatic rings. The number of aromatic nitrogens is 3. The minimum atomic E-state index is -0.495. The Bertz CT molecular complexity index is 977. The first-order valence-corrected chi connectivity index (χ1v) is 7.86. The van der Waals surface area contributed by atoms with Gasteiger partial charge in [-0.15, -0.1) is 0 Å². The van der Waals surface area contributed by atoms with Crippen LogP contribution in [0, 0.1) is 24.0 Å². The fourth-order valence-electron chi connectivity index (χ4n) is 2.29. The number of aryl methyl sites for hydroxylation is 1. The fraction of sp³-hybridized carbons (Fsp3) is 0.167. The van der Waals surface area contributed by atoms with Gasteiger partial charge in [-0.2, -0.15) is 0 Å². The zero-order chi connectivity index (χ0) is 18.7. The van der Waals surface area contributed by atoms with Gasteiger partial charge in [0.15, 0.2) is 0 Å². The van der Waals surface area contributed by atoms with Gasteiger partial charge in [-0.1, -0.05) is 12.1 Å². The Morgan fingerprint density at radius 1 is 1.19 bits per heavy atom. The molecule has 0 aliphatic rings. The Kier molecular flexibility index (Phi) is 4.74. The molecule has 8 heteroatoms. The van der Waals surface area contributed by atoms with Crippen molar-refractivity contribution in [2.24, 2.45) is 12.0 Å². The van der Waals surface area contributed by atoms with Crippen molar-refractivity contribution in [3.63, 3.8) is 0 Å². The van der Waals surface area contributed by atoms with Crippen molar-refractivity contribution in [3.05, 3.63) is 69.8 Å². The number of hydrogen-bond donors (Lipinski definition) is 0. The molecule has 1 aromatic carbocycles. The number of imidazole rings is 1. The Labute approximate surface area is 150 Å². The summed E-state index contributed by atoms with van der Waals surface area (Å²) in [5.41, 5.74) is 2.80. The molecule has 0 aliphatic carbocycles. The molecule has 0 aliphatic heterocycles. The molecule has 0 atom stereocenters. The van der Waals surface area contributed by atoms with Crippen LogP contribution in [0.25, 0.3) is 0 Å². The van der Waals surface area contributed by atoms with Crippen molar-refractivity contribution >= 4 is 17.7 Å². The van der Waals surface area contributed by atoms with E-state index in [0.29, 0.717) is 17.4 Å². The topological polar surface area (TPSA) is 95.4 Å². The number of pyridine rings is 1. The molecule has 0 fully saturated rings. The third-order valence-corrected chi connectivity index (χ3v) is 4.01. The molecular formula is C18H17N5O3. The van der Waals surface area contributed by atoms with Crippen LogP contribution in [-0.2, 0) is 7.05 Å². The van der Waals surface area contributed by atoms with Gasteiger partial charge in [-0.3, -0.25) is 0 Å². The predicted octanol–water partition coefficient (Wildman–Crippen LogP) is 3.88. The highest BCUT2D eigenvalue weighted by Gasteiger charge is 2.14. The normalized spacial score (nSPS) is 11.0. The lowest BCUT2D eigenvalue weighted by Crippen LogP contribution is -2.01. The van der Waals surface area contributed by atoms with Crippen molar-refractivity contribution in [1.29, 1.82) is 0 Å². The number of rotatable bonds is 5. The van der Waals surface area contributed by atoms with Crippen LogP contribution in [0.5, 0.6) is 11.6 Å². The van der Waals surface area contributed by atoms with Crippen LogP contribution in [0.2, 0.25) is 0 Å². The third-order valence-electron chi connectivity index (χ3n) is 4.01. The summed E-state index contributed by atoms with van der Waals surface area (Å²) in [4.78, 5) is 22.8. The molecule has 2 heterocycles. The lowest BCUT2D eigenvalue weighted by atomic mass is 10.1. The van der Waals surface area contributed by atoms with Gasteiger partial charge in [-0.05, 0) is 42.0 Å². The van der Waals surface area contributed by atoms with Gasteiger partial charge in [0.25, 0.3) is 0 Å². The van der Waals surface area contributed by atoms with E-state index >= 15 is 0 Å². The quantitative estimate of drug-likeness (QED) is 0.395. The van der Waals surface area contributed by atoms with E-state index in [1.807, 2.05) is 32.0 Å². The standard InChI is InChI=1S/C18H17N5O3/c1-12-5-4-6-15(13(12)2)26-17-8-7-14(9-21-17)19-10-16-20-11-18(22(16)3)23(24)25/h4-11H,1-3H3. The summed E-state index contributed by atoms with van der Waals surface area (Å²) in [6.45, 7) is 4.02. The highest BCUT2D eigenvalue weighted by Crippen LogP contribution is 2.26. The van der Waals surface area contributed by atoms with Crippen LogP contribution < -0.4 is 4.74 Å². The van der Waals surface area contributed by atoms with Crippen LogP contribution in [0.4, 0.5) is 11.5 Å². The molecular weight excluding hydrogens is 334 g/mol. The molecule has 0 radical (unpaired) electrons. The predicted molar refractivity (Wildman–Crippen MR) is 97.3 cm³/mol. The Morgan fingerprint density at radius 2 is 2.00 bits per heavy atom. The number of hydrogen-bond acceptors (Lipinski definition) is 6. The summed E-state index contributed by atoms with van der Waals surface area (Å²) >= 11 is 0. The maximum atomic E-state index is 10.8. The molecule has 0 bridgehead atoms. The highest BCUT2D eigenvalue weighted by atomic mass is 16.6. The van der Waals surface area contributed by atoms with E-state index < -0.39 is 4.92 Å². The van der Waals surface area contributed by atoms with Gasteiger partial charge in [0.05, 0.1) is 25.1 Å². The van der Waals surface area contributed by atoms with E-state index in [4.69, 9.17) is 4.74 Å². The van der Waals surface area contributed by atoms with Crippen molar-refractivity contribution < 1.29 is 9.66 Å². The van der Waals surface area contributed by atoms with E-state index in [1.165, 1.54) is 17.0 Å². The van der Waals surface area contributed by atoms with Gasteiger partial charge in [0, 0.05) is 6.07 Å². The molecule has 0 saturated carbocycles. The second kappa shape index (κ2) is 7.14. The lowest BCUT2D eigenvalue weighted by Gasteiger charge is -2.09. The Morgan fingerprint density at radius 3 is 2.65 bits per heavy atom. The fourth-order valence-corrected chi connectivity index (χ4v) is 2.29. The van der Waals surface area contributed by atoms with Crippen molar-refractivity contribution in [3.8, 4) is 11.6 Å². The maximum Gasteiger partial charge on any atom is 0.342 e. The van der Waals surface area contributed by atoms with E-state index in [1.54, 1.807) is 25.4 Å². The average Bonchev–Trinajstić information content (AvgIpc) is 2.99. The summed E-state index contributed by atoms with van der Waals surface area (Å²) in [6.07, 6.45) is 4.21. The molecule has 0 unspecified atom stereocenters. The van der Waals surface area contributed by atoms with Crippen LogP contribution in [-0.4, -0.2) is 25.7 Å². The van der Waals surface area contributed by atoms with Gasteiger partial charge in [0.1, 0.15) is 11.9 Å². The average molecular weight is 351 g/mol. The van der Waals surface area contributed by atoms with Crippen LogP contribution >= 0.6 is 0 Å². The maximum absolute atomic E-state index is 10.8. The molecule has 132 valence electrons. The van der Waals surface area contributed by atoms with Gasteiger partial charge in [0.2, 0.25) is 11.7 Å². The zero-order valence-electron chi connectivity index (χ0n) is 14.6. The molecule has 2 aromatic heterocycles. The van der Waals surface area contributed by atoms with Gasteiger partial charge >= 0.3 is 5.82 Å². The first-order valence-electron chi connectivity index (χ1n) is 7.86. The van der Waals surface area contributed by atoms with E-state index in [9.17, 15) is 10.1 Å². The lowest BCUT2D eigenvalue weighted by molar-refractivity contribution is -0.391. The van der Waals surface area contributed by atoms with Crippen molar-refractivity contribution in [1.82, 2.24) is 14.5 Å². The highest BCUT2D eigenvalue weighted by molar-refractivity contribution is 5.78. The SMILES string of the molecule is Cc1cccc(Oc2ccc(N=Cc3ncc([N+](=O)[O-])n3C)cn2)c1C. The van der Waals surface area contributed by atoms with Gasteiger partial charge in [-0.25, -0.2) is 19.5 Å². The monoisotopic (exact) mass is 351 g/mol. The number of nitro groups is 1.